The molecule has 1 aliphatic carbocycles. The van der Waals surface area contributed by atoms with Crippen LogP contribution in [0.4, 0.5) is 0 Å². The van der Waals surface area contributed by atoms with Crippen LogP contribution >= 0.6 is 7.92 Å². The van der Waals surface area contributed by atoms with Crippen LogP contribution in [0.2, 0.25) is 0 Å². The molecule has 0 aliphatic heterocycles. The standard InChI is InChI=1S/C31H38NP/c1-24(33(28-18-10-6-11-19-28)29-20-12-7-13-21-29)23-27-17-14-22-30(27)25(2)31(32(3)4)26-15-8-5-9-16-26/h5-13,15-16,18-21,24-25,31H,14,17,22-23H2,1-4H3/t24-,25+,31+/m0/s1. The first-order valence-electron chi connectivity index (χ1n) is 12.4. The van der Waals surface area contributed by atoms with Crippen LogP contribution in [0.3, 0.4) is 0 Å². The first-order chi connectivity index (χ1) is 16.1. The smallest absolute Gasteiger partial charge is 0.0404 e. The lowest BCUT2D eigenvalue weighted by Crippen LogP contribution is -2.27. The minimum absolute atomic E-state index is 0.383. The molecule has 0 spiro atoms. The molecular formula is C31H38NP. The van der Waals surface area contributed by atoms with Crippen LogP contribution in [-0.2, 0) is 0 Å². The highest BCUT2D eigenvalue weighted by molar-refractivity contribution is 7.73. The molecule has 0 saturated carbocycles. The van der Waals surface area contributed by atoms with Crippen LogP contribution in [0.5, 0.6) is 0 Å². The second kappa shape index (κ2) is 11.3. The summed E-state index contributed by atoms with van der Waals surface area (Å²) in [7, 11) is 4.08. The molecule has 0 radical (unpaired) electrons. The predicted molar refractivity (Wildman–Crippen MR) is 146 cm³/mol. The summed E-state index contributed by atoms with van der Waals surface area (Å²) in [6, 6.07) is 33.9. The van der Waals surface area contributed by atoms with Gasteiger partial charge < -0.3 is 4.90 Å². The molecule has 0 bridgehead atoms. The molecule has 0 N–H and O–H groups in total. The van der Waals surface area contributed by atoms with E-state index in [1.54, 1.807) is 11.1 Å². The maximum absolute atomic E-state index is 2.49. The molecule has 33 heavy (non-hydrogen) atoms. The van der Waals surface area contributed by atoms with Gasteiger partial charge in [-0.3, -0.25) is 0 Å². The van der Waals surface area contributed by atoms with Crippen LogP contribution in [0.25, 0.3) is 0 Å². The Kier molecular flexibility index (Phi) is 8.18. The molecule has 0 saturated heterocycles. The van der Waals surface area contributed by atoms with Gasteiger partial charge in [0, 0.05) is 6.04 Å². The summed E-state index contributed by atoms with van der Waals surface area (Å²) in [6.45, 7) is 4.94. The first kappa shape index (κ1) is 23.9. The van der Waals surface area contributed by atoms with E-state index < -0.39 is 0 Å². The van der Waals surface area contributed by atoms with Crippen molar-refractivity contribution in [2.24, 2.45) is 5.92 Å². The zero-order valence-electron chi connectivity index (χ0n) is 20.6. The van der Waals surface area contributed by atoms with Crippen molar-refractivity contribution < 1.29 is 0 Å². The normalized spacial score (nSPS) is 16.9. The fourth-order valence-corrected chi connectivity index (χ4v) is 8.48. The highest BCUT2D eigenvalue weighted by Crippen LogP contribution is 2.46. The molecule has 2 heteroatoms. The van der Waals surface area contributed by atoms with E-state index >= 15 is 0 Å². The number of hydrogen-bond donors (Lipinski definition) is 0. The molecule has 3 atom stereocenters. The molecular weight excluding hydrogens is 417 g/mol. The third-order valence-electron chi connectivity index (χ3n) is 7.15. The predicted octanol–water partition coefficient (Wildman–Crippen LogP) is 7.32. The van der Waals surface area contributed by atoms with Gasteiger partial charge in [0.25, 0.3) is 0 Å². The van der Waals surface area contributed by atoms with Gasteiger partial charge in [-0.2, -0.15) is 0 Å². The Bertz CT molecular complexity index is 987. The molecule has 1 aliphatic rings. The van der Waals surface area contributed by atoms with Crippen molar-refractivity contribution in [3.8, 4) is 0 Å². The zero-order chi connectivity index (χ0) is 23.2. The zero-order valence-corrected chi connectivity index (χ0v) is 21.5. The van der Waals surface area contributed by atoms with Gasteiger partial charge in [0.2, 0.25) is 0 Å². The number of allylic oxidation sites excluding steroid dienone is 1. The highest BCUT2D eigenvalue weighted by Gasteiger charge is 2.30. The molecule has 0 unspecified atom stereocenters. The minimum Gasteiger partial charge on any atom is -0.302 e. The van der Waals surface area contributed by atoms with E-state index in [2.05, 4.69) is 124 Å². The lowest BCUT2D eigenvalue weighted by atomic mass is 9.85. The van der Waals surface area contributed by atoms with Crippen molar-refractivity contribution in [2.75, 3.05) is 14.1 Å². The van der Waals surface area contributed by atoms with E-state index in [1.165, 1.54) is 41.9 Å². The Hall–Kier alpha value is -2.21. The Labute approximate surface area is 202 Å². The van der Waals surface area contributed by atoms with Crippen molar-refractivity contribution in [1.29, 1.82) is 0 Å². The molecule has 4 rings (SSSR count). The number of rotatable bonds is 9. The molecule has 0 heterocycles. The van der Waals surface area contributed by atoms with Crippen LogP contribution in [0.1, 0.15) is 51.1 Å². The Morgan fingerprint density at radius 3 is 1.76 bits per heavy atom. The maximum Gasteiger partial charge on any atom is 0.0404 e. The van der Waals surface area contributed by atoms with E-state index in [4.69, 9.17) is 0 Å². The summed E-state index contributed by atoms with van der Waals surface area (Å²) >= 11 is 0. The van der Waals surface area contributed by atoms with E-state index in [0.717, 1.165) is 0 Å². The summed E-state index contributed by atoms with van der Waals surface area (Å²) in [5.74, 6) is 0.534. The van der Waals surface area contributed by atoms with Crippen LogP contribution in [0, 0.1) is 5.92 Å². The first-order valence-corrected chi connectivity index (χ1v) is 13.8. The summed E-state index contributed by atoms with van der Waals surface area (Å²) in [5, 5.41) is 2.99. The summed E-state index contributed by atoms with van der Waals surface area (Å²) < 4.78 is 0. The van der Waals surface area contributed by atoms with Gasteiger partial charge in [-0.15, -0.1) is 0 Å². The summed E-state index contributed by atoms with van der Waals surface area (Å²) in [5.41, 5.74) is 5.50. The largest absolute Gasteiger partial charge is 0.302 e. The average molecular weight is 456 g/mol. The van der Waals surface area contributed by atoms with E-state index in [0.29, 0.717) is 17.6 Å². The van der Waals surface area contributed by atoms with E-state index in [1.807, 2.05) is 0 Å². The monoisotopic (exact) mass is 455 g/mol. The van der Waals surface area contributed by atoms with Crippen molar-refractivity contribution in [2.45, 2.75) is 51.2 Å². The molecule has 0 aromatic heterocycles. The second-order valence-electron chi connectivity index (χ2n) is 9.68. The number of hydrogen-bond acceptors (Lipinski definition) is 1. The molecule has 0 amide bonds. The van der Waals surface area contributed by atoms with E-state index in [-0.39, 0.29) is 7.92 Å². The quantitative estimate of drug-likeness (QED) is 0.241. The fourth-order valence-electron chi connectivity index (χ4n) is 5.77. The molecule has 3 aromatic carbocycles. The Balaban J connectivity index is 1.63. The highest BCUT2D eigenvalue weighted by atomic mass is 31.1. The van der Waals surface area contributed by atoms with Crippen molar-refractivity contribution in [3.63, 3.8) is 0 Å². The number of nitrogens with zero attached hydrogens (tertiary/aromatic N) is 1. The molecule has 172 valence electrons. The fraction of sp³-hybridized carbons (Fsp3) is 0.355. The van der Waals surface area contributed by atoms with Crippen LogP contribution in [0.15, 0.2) is 102 Å². The maximum atomic E-state index is 2.49. The summed E-state index contributed by atoms with van der Waals surface area (Å²) in [4.78, 5) is 2.41. The molecule has 3 aromatic rings. The average Bonchev–Trinajstić information content (AvgIpc) is 3.29. The van der Waals surface area contributed by atoms with Gasteiger partial charge in [0.15, 0.2) is 0 Å². The van der Waals surface area contributed by atoms with Crippen molar-refractivity contribution in [3.05, 3.63) is 108 Å². The van der Waals surface area contributed by atoms with Gasteiger partial charge in [-0.05, 0) is 75.4 Å². The van der Waals surface area contributed by atoms with Gasteiger partial charge in [-0.25, -0.2) is 0 Å². The molecule has 1 nitrogen and oxygen atoms in total. The minimum atomic E-state index is -0.383. The van der Waals surface area contributed by atoms with E-state index in [9.17, 15) is 0 Å². The van der Waals surface area contributed by atoms with Crippen molar-refractivity contribution >= 4 is 18.5 Å². The Morgan fingerprint density at radius 1 is 0.727 bits per heavy atom. The lowest BCUT2D eigenvalue weighted by Gasteiger charge is -2.33. The lowest BCUT2D eigenvalue weighted by molar-refractivity contribution is 0.242. The third kappa shape index (κ3) is 5.65. The van der Waals surface area contributed by atoms with Gasteiger partial charge in [0.05, 0.1) is 0 Å². The van der Waals surface area contributed by atoms with Crippen LogP contribution in [-0.4, -0.2) is 24.7 Å². The van der Waals surface area contributed by atoms with Gasteiger partial charge >= 0.3 is 0 Å². The van der Waals surface area contributed by atoms with Crippen LogP contribution < -0.4 is 10.6 Å². The SMILES string of the molecule is C[C@H](C1=C(C[C@H](C)P(c2ccccc2)c2ccccc2)CCC1)[C@H](c1ccccc1)N(C)C. The second-order valence-corrected chi connectivity index (χ2v) is 12.3. The third-order valence-corrected chi connectivity index (χ3v) is 9.92. The number of benzene rings is 3. The van der Waals surface area contributed by atoms with Gasteiger partial charge in [-0.1, -0.05) is 116 Å². The summed E-state index contributed by atoms with van der Waals surface area (Å²) in [6.07, 6.45) is 5.05. The molecule has 0 fully saturated rings. The Morgan fingerprint density at radius 2 is 1.24 bits per heavy atom. The topological polar surface area (TPSA) is 3.24 Å². The van der Waals surface area contributed by atoms with Gasteiger partial charge in [0.1, 0.15) is 0 Å². The van der Waals surface area contributed by atoms with Crippen molar-refractivity contribution in [1.82, 2.24) is 4.90 Å².